The molecule has 0 bridgehead atoms. The van der Waals surface area contributed by atoms with E-state index < -0.39 is 0 Å². The van der Waals surface area contributed by atoms with Gasteiger partial charge in [0, 0.05) is 0 Å². The van der Waals surface area contributed by atoms with Crippen molar-refractivity contribution in [3.05, 3.63) is 0 Å². The van der Waals surface area contributed by atoms with Crippen LogP contribution in [0.15, 0.2) is 0 Å². The zero-order valence-corrected chi connectivity index (χ0v) is 6.58. The second kappa shape index (κ2) is 2.73. The molecule has 1 atom stereocenters. The maximum Gasteiger partial charge on any atom is 0.110 e. The molecule has 1 N–H and O–H groups in total. The molecular formula is C8H14O3. The van der Waals surface area contributed by atoms with E-state index in [1.807, 2.05) is 0 Å². The summed E-state index contributed by atoms with van der Waals surface area (Å²) in [6.07, 6.45) is 3.25. The minimum Gasteiger partial charge on any atom is -0.394 e. The number of aliphatic hydroxyl groups is 1. The Bertz CT molecular complexity index is 142. The van der Waals surface area contributed by atoms with Crippen molar-refractivity contribution in [1.82, 2.24) is 0 Å². The van der Waals surface area contributed by atoms with Crippen LogP contribution in [-0.4, -0.2) is 36.6 Å². The predicted molar refractivity (Wildman–Crippen MR) is 39.4 cm³/mol. The second-order valence-corrected chi connectivity index (χ2v) is 3.31. The van der Waals surface area contributed by atoms with Gasteiger partial charge in [0.15, 0.2) is 0 Å². The lowest BCUT2D eigenvalue weighted by atomic mass is 9.75. The molecule has 1 aliphatic heterocycles. The van der Waals surface area contributed by atoms with Crippen LogP contribution in [0, 0.1) is 0 Å². The molecule has 0 amide bonds. The molecule has 0 aromatic carbocycles. The fraction of sp³-hybridized carbons (Fsp3) is 1.00. The number of rotatable bonds is 1. The lowest BCUT2D eigenvalue weighted by Crippen LogP contribution is -2.57. The Morgan fingerprint density at radius 2 is 2.18 bits per heavy atom. The van der Waals surface area contributed by atoms with Crippen LogP contribution in [0.2, 0.25) is 0 Å². The zero-order valence-electron chi connectivity index (χ0n) is 6.58. The smallest absolute Gasteiger partial charge is 0.110 e. The highest BCUT2D eigenvalue weighted by atomic mass is 16.6. The van der Waals surface area contributed by atoms with Crippen molar-refractivity contribution < 1.29 is 14.6 Å². The monoisotopic (exact) mass is 158 g/mol. The van der Waals surface area contributed by atoms with Gasteiger partial charge in [-0.2, -0.15) is 0 Å². The van der Waals surface area contributed by atoms with E-state index in [9.17, 15) is 0 Å². The Hall–Kier alpha value is -0.120. The molecular weight excluding hydrogens is 144 g/mol. The highest BCUT2D eigenvalue weighted by Crippen LogP contribution is 2.41. The first-order chi connectivity index (χ1) is 5.37. The van der Waals surface area contributed by atoms with Crippen LogP contribution in [0.25, 0.3) is 0 Å². The molecule has 1 saturated carbocycles. The highest BCUT2D eigenvalue weighted by molar-refractivity contribution is 4.98. The summed E-state index contributed by atoms with van der Waals surface area (Å²) in [5.74, 6) is 0. The molecule has 0 aromatic heterocycles. The first-order valence-electron chi connectivity index (χ1n) is 4.24. The Labute approximate surface area is 66.3 Å². The Morgan fingerprint density at radius 1 is 1.36 bits per heavy atom. The molecule has 3 heteroatoms. The first kappa shape index (κ1) is 7.53. The van der Waals surface area contributed by atoms with Crippen LogP contribution < -0.4 is 0 Å². The van der Waals surface area contributed by atoms with E-state index in [0.717, 1.165) is 12.8 Å². The molecule has 11 heavy (non-hydrogen) atoms. The summed E-state index contributed by atoms with van der Waals surface area (Å²) in [7, 11) is 0. The minimum atomic E-state index is -0.104. The van der Waals surface area contributed by atoms with Crippen molar-refractivity contribution in [3.8, 4) is 0 Å². The predicted octanol–water partition coefficient (Wildman–Crippen LogP) is 0.317. The third-order valence-corrected chi connectivity index (χ3v) is 2.74. The summed E-state index contributed by atoms with van der Waals surface area (Å²) in [5, 5.41) is 8.99. The maximum atomic E-state index is 8.99. The van der Waals surface area contributed by atoms with Gasteiger partial charge in [-0.15, -0.1) is 0 Å². The molecule has 1 spiro atoms. The molecule has 1 heterocycles. The van der Waals surface area contributed by atoms with Gasteiger partial charge in [-0.25, -0.2) is 0 Å². The molecule has 1 saturated heterocycles. The summed E-state index contributed by atoms with van der Waals surface area (Å²) in [5.41, 5.74) is -0.104. The highest BCUT2D eigenvalue weighted by Gasteiger charge is 2.47. The summed E-state index contributed by atoms with van der Waals surface area (Å²) in [6.45, 7) is 1.42. The van der Waals surface area contributed by atoms with E-state index >= 15 is 0 Å². The van der Waals surface area contributed by atoms with Crippen molar-refractivity contribution in [1.29, 1.82) is 0 Å². The molecule has 3 nitrogen and oxygen atoms in total. The number of hydrogen-bond acceptors (Lipinski definition) is 3. The Balaban J connectivity index is 2.02. The Kier molecular flexibility index (Phi) is 1.87. The lowest BCUT2D eigenvalue weighted by Gasteiger charge is -2.49. The first-order valence-corrected chi connectivity index (χ1v) is 4.24. The van der Waals surface area contributed by atoms with Crippen LogP contribution >= 0.6 is 0 Å². The van der Waals surface area contributed by atoms with Crippen molar-refractivity contribution >= 4 is 0 Å². The lowest BCUT2D eigenvalue weighted by molar-refractivity contribution is -0.242. The van der Waals surface area contributed by atoms with Gasteiger partial charge in [0.2, 0.25) is 0 Å². The number of aliphatic hydroxyl groups excluding tert-OH is 1. The quantitative estimate of drug-likeness (QED) is 0.597. The van der Waals surface area contributed by atoms with E-state index in [-0.39, 0.29) is 18.3 Å². The average molecular weight is 158 g/mol. The van der Waals surface area contributed by atoms with E-state index in [4.69, 9.17) is 14.6 Å². The van der Waals surface area contributed by atoms with Gasteiger partial charge < -0.3 is 14.6 Å². The average Bonchev–Trinajstić information content (AvgIpc) is 2.01. The van der Waals surface area contributed by atoms with Gasteiger partial charge in [-0.3, -0.25) is 0 Å². The van der Waals surface area contributed by atoms with Crippen LogP contribution in [0.5, 0.6) is 0 Å². The zero-order chi connectivity index (χ0) is 7.73. The second-order valence-electron chi connectivity index (χ2n) is 3.31. The van der Waals surface area contributed by atoms with Crippen molar-refractivity contribution in [2.75, 3.05) is 19.8 Å². The number of hydrogen-bond donors (Lipinski definition) is 1. The Morgan fingerprint density at radius 3 is 2.64 bits per heavy atom. The van der Waals surface area contributed by atoms with Gasteiger partial charge in [-0.1, -0.05) is 0 Å². The molecule has 2 fully saturated rings. The van der Waals surface area contributed by atoms with Crippen LogP contribution in [0.4, 0.5) is 0 Å². The standard InChI is InChI=1S/C8H14O3/c9-6-7-8(2-1-3-8)11-5-4-10-7/h7,9H,1-6H2. The van der Waals surface area contributed by atoms with E-state index in [1.54, 1.807) is 0 Å². The fourth-order valence-corrected chi connectivity index (χ4v) is 1.89. The van der Waals surface area contributed by atoms with Crippen molar-refractivity contribution in [2.24, 2.45) is 0 Å². The third kappa shape index (κ3) is 1.08. The van der Waals surface area contributed by atoms with E-state index in [0.29, 0.717) is 13.2 Å². The molecule has 2 rings (SSSR count). The third-order valence-electron chi connectivity index (χ3n) is 2.74. The molecule has 1 unspecified atom stereocenters. The molecule has 1 aliphatic carbocycles. The maximum absolute atomic E-state index is 8.99. The van der Waals surface area contributed by atoms with Crippen LogP contribution in [0.1, 0.15) is 19.3 Å². The van der Waals surface area contributed by atoms with Crippen molar-refractivity contribution in [2.45, 2.75) is 31.0 Å². The summed E-state index contributed by atoms with van der Waals surface area (Å²) < 4.78 is 11.0. The topological polar surface area (TPSA) is 38.7 Å². The van der Waals surface area contributed by atoms with E-state index in [1.165, 1.54) is 6.42 Å². The number of ether oxygens (including phenoxy) is 2. The van der Waals surface area contributed by atoms with Gasteiger partial charge in [0.1, 0.15) is 6.10 Å². The molecule has 0 radical (unpaired) electrons. The van der Waals surface area contributed by atoms with Gasteiger partial charge in [0.25, 0.3) is 0 Å². The normalized spacial score (nSPS) is 35.2. The minimum absolute atomic E-state index is 0.0648. The van der Waals surface area contributed by atoms with Crippen molar-refractivity contribution in [3.63, 3.8) is 0 Å². The van der Waals surface area contributed by atoms with Gasteiger partial charge in [-0.05, 0) is 19.3 Å². The van der Waals surface area contributed by atoms with Gasteiger partial charge in [0.05, 0.1) is 25.4 Å². The summed E-state index contributed by atoms with van der Waals surface area (Å²) >= 11 is 0. The fourth-order valence-electron chi connectivity index (χ4n) is 1.89. The van der Waals surface area contributed by atoms with Crippen LogP contribution in [0.3, 0.4) is 0 Å². The summed E-state index contributed by atoms with van der Waals surface area (Å²) in [4.78, 5) is 0. The largest absolute Gasteiger partial charge is 0.394 e. The van der Waals surface area contributed by atoms with Gasteiger partial charge >= 0.3 is 0 Å². The van der Waals surface area contributed by atoms with Crippen LogP contribution in [-0.2, 0) is 9.47 Å². The molecule has 2 aliphatic rings. The molecule has 0 aromatic rings. The molecule has 64 valence electrons. The van der Waals surface area contributed by atoms with E-state index in [2.05, 4.69) is 0 Å². The summed E-state index contributed by atoms with van der Waals surface area (Å²) in [6, 6.07) is 0. The SMILES string of the molecule is OCC1OCCOC12CCC2.